The number of aliphatic hydroxyl groups is 1. The molecule has 0 spiro atoms. The number of hydrogen-bond donors (Lipinski definition) is 1. The first kappa shape index (κ1) is 13.4. The lowest BCUT2D eigenvalue weighted by atomic mass is 10.3. The molecule has 3 rings (SSSR count). The predicted octanol–water partition coefficient (Wildman–Crippen LogP) is 2.97. The fourth-order valence-electron chi connectivity index (χ4n) is 1.90. The van der Waals surface area contributed by atoms with Crippen molar-refractivity contribution in [2.45, 2.75) is 25.4 Å². The summed E-state index contributed by atoms with van der Waals surface area (Å²) in [7, 11) is 0. The van der Waals surface area contributed by atoms with Crippen LogP contribution in [0.25, 0.3) is 0 Å². The van der Waals surface area contributed by atoms with Crippen LogP contribution in [0.4, 0.5) is 0 Å². The fourth-order valence-corrected chi connectivity index (χ4v) is 2.88. The van der Waals surface area contributed by atoms with Crippen LogP contribution in [0.5, 0.6) is 11.5 Å². The van der Waals surface area contributed by atoms with E-state index in [-0.39, 0.29) is 13.2 Å². The Morgan fingerprint density at radius 2 is 1.95 bits per heavy atom. The molecular formula is C15H17NO3S. The first-order chi connectivity index (χ1) is 9.86. The standard InChI is InChI=1S/C15H17NO3S/c17-7-8-18-13-3-1-2-4-14(13)19-9-12-10-20-15(16-12)11-5-6-11/h1-4,10-11,17H,5-9H2. The number of para-hydroxylation sites is 2. The molecule has 0 unspecified atom stereocenters. The molecule has 1 N–H and O–H groups in total. The van der Waals surface area contributed by atoms with Crippen molar-refractivity contribution in [1.82, 2.24) is 4.98 Å². The van der Waals surface area contributed by atoms with Crippen LogP contribution in [-0.4, -0.2) is 23.3 Å². The maximum Gasteiger partial charge on any atom is 0.161 e. The molecule has 106 valence electrons. The van der Waals surface area contributed by atoms with E-state index in [0.717, 1.165) is 5.69 Å². The molecule has 1 saturated carbocycles. The number of ether oxygens (including phenoxy) is 2. The number of benzene rings is 1. The number of rotatable bonds is 7. The lowest BCUT2D eigenvalue weighted by Crippen LogP contribution is -2.04. The first-order valence-electron chi connectivity index (χ1n) is 6.76. The van der Waals surface area contributed by atoms with Crippen molar-refractivity contribution in [3.8, 4) is 11.5 Å². The zero-order valence-corrected chi connectivity index (χ0v) is 11.9. The van der Waals surface area contributed by atoms with E-state index in [9.17, 15) is 0 Å². The third kappa shape index (κ3) is 3.29. The maximum atomic E-state index is 8.81. The van der Waals surface area contributed by atoms with Crippen LogP contribution < -0.4 is 9.47 Å². The lowest BCUT2D eigenvalue weighted by Gasteiger charge is -2.11. The predicted molar refractivity (Wildman–Crippen MR) is 77.4 cm³/mol. The molecule has 0 bridgehead atoms. The lowest BCUT2D eigenvalue weighted by molar-refractivity contribution is 0.192. The molecule has 1 aliphatic carbocycles. The molecule has 1 aromatic heterocycles. The summed E-state index contributed by atoms with van der Waals surface area (Å²) in [4.78, 5) is 4.59. The van der Waals surface area contributed by atoms with Crippen molar-refractivity contribution >= 4 is 11.3 Å². The number of thiazole rings is 1. The summed E-state index contributed by atoms with van der Waals surface area (Å²) in [6.45, 7) is 0.705. The minimum atomic E-state index is -0.00876. The highest BCUT2D eigenvalue weighted by molar-refractivity contribution is 7.09. The largest absolute Gasteiger partial charge is 0.487 e. The van der Waals surface area contributed by atoms with Gasteiger partial charge in [0.1, 0.15) is 13.2 Å². The van der Waals surface area contributed by atoms with Crippen molar-refractivity contribution in [2.75, 3.05) is 13.2 Å². The molecule has 5 heteroatoms. The first-order valence-corrected chi connectivity index (χ1v) is 7.64. The summed E-state index contributed by atoms with van der Waals surface area (Å²) in [5.41, 5.74) is 0.967. The third-order valence-electron chi connectivity index (χ3n) is 3.07. The van der Waals surface area contributed by atoms with Gasteiger partial charge in [-0.3, -0.25) is 0 Å². The van der Waals surface area contributed by atoms with E-state index >= 15 is 0 Å². The molecule has 2 aromatic rings. The Morgan fingerprint density at radius 1 is 1.20 bits per heavy atom. The molecule has 1 aliphatic rings. The highest BCUT2D eigenvalue weighted by atomic mass is 32.1. The Balaban J connectivity index is 1.61. The Bertz CT molecular complexity index is 566. The monoisotopic (exact) mass is 291 g/mol. The molecule has 0 aliphatic heterocycles. The van der Waals surface area contributed by atoms with Gasteiger partial charge in [0, 0.05) is 11.3 Å². The zero-order chi connectivity index (χ0) is 13.8. The van der Waals surface area contributed by atoms with Crippen LogP contribution >= 0.6 is 11.3 Å². The summed E-state index contributed by atoms with van der Waals surface area (Å²) in [5.74, 6) is 2.02. The van der Waals surface area contributed by atoms with Crippen LogP contribution in [-0.2, 0) is 6.61 Å². The Morgan fingerprint density at radius 3 is 2.65 bits per heavy atom. The second-order valence-corrected chi connectivity index (χ2v) is 5.65. The van der Waals surface area contributed by atoms with Crippen LogP contribution in [0.1, 0.15) is 29.5 Å². The van der Waals surface area contributed by atoms with Gasteiger partial charge in [0.05, 0.1) is 17.3 Å². The van der Waals surface area contributed by atoms with Crippen LogP contribution in [0, 0.1) is 0 Å². The van der Waals surface area contributed by atoms with Crippen LogP contribution in [0.15, 0.2) is 29.6 Å². The maximum absolute atomic E-state index is 8.81. The highest BCUT2D eigenvalue weighted by Gasteiger charge is 2.26. The molecule has 4 nitrogen and oxygen atoms in total. The molecule has 0 atom stereocenters. The minimum absolute atomic E-state index is 0.00876. The fraction of sp³-hybridized carbons (Fsp3) is 0.400. The van der Waals surface area contributed by atoms with Gasteiger partial charge in [-0.2, -0.15) is 0 Å². The molecular weight excluding hydrogens is 274 g/mol. The van der Waals surface area contributed by atoms with Crippen LogP contribution in [0.2, 0.25) is 0 Å². The average Bonchev–Trinajstić information content (AvgIpc) is 3.23. The summed E-state index contributed by atoms with van der Waals surface area (Å²) in [5, 5.41) is 12.1. The SMILES string of the molecule is OCCOc1ccccc1OCc1csc(C2CC2)n1. The van der Waals surface area contributed by atoms with Gasteiger partial charge < -0.3 is 14.6 Å². The number of hydrogen-bond acceptors (Lipinski definition) is 5. The summed E-state index contributed by atoms with van der Waals surface area (Å²) in [6.07, 6.45) is 2.54. The number of nitrogens with zero attached hydrogens (tertiary/aromatic N) is 1. The summed E-state index contributed by atoms with van der Waals surface area (Å²) in [6, 6.07) is 7.48. The van der Waals surface area contributed by atoms with E-state index in [4.69, 9.17) is 14.6 Å². The van der Waals surface area contributed by atoms with Crippen molar-refractivity contribution in [3.63, 3.8) is 0 Å². The molecule has 1 heterocycles. The number of aromatic nitrogens is 1. The molecule has 1 aromatic carbocycles. The summed E-state index contributed by atoms with van der Waals surface area (Å²) < 4.78 is 11.2. The van der Waals surface area contributed by atoms with Gasteiger partial charge in [0.15, 0.2) is 11.5 Å². The van der Waals surface area contributed by atoms with Gasteiger partial charge in [-0.1, -0.05) is 12.1 Å². The zero-order valence-electron chi connectivity index (χ0n) is 11.1. The normalized spacial score (nSPS) is 14.2. The molecule has 0 amide bonds. The highest BCUT2D eigenvalue weighted by Crippen LogP contribution is 2.41. The van der Waals surface area contributed by atoms with E-state index in [1.165, 1.54) is 17.8 Å². The minimum Gasteiger partial charge on any atom is -0.487 e. The quantitative estimate of drug-likeness (QED) is 0.852. The van der Waals surface area contributed by atoms with E-state index in [2.05, 4.69) is 10.4 Å². The van der Waals surface area contributed by atoms with E-state index in [1.54, 1.807) is 11.3 Å². The Kier molecular flexibility index (Phi) is 4.18. The Hall–Kier alpha value is -1.59. The second-order valence-electron chi connectivity index (χ2n) is 4.76. The molecule has 0 saturated heterocycles. The number of aliphatic hydroxyl groups excluding tert-OH is 1. The van der Waals surface area contributed by atoms with Crippen molar-refractivity contribution < 1.29 is 14.6 Å². The summed E-state index contributed by atoms with van der Waals surface area (Å²) >= 11 is 1.72. The smallest absolute Gasteiger partial charge is 0.161 e. The van der Waals surface area contributed by atoms with Gasteiger partial charge in [-0.25, -0.2) is 4.98 Å². The van der Waals surface area contributed by atoms with E-state index in [0.29, 0.717) is 24.0 Å². The van der Waals surface area contributed by atoms with Crippen molar-refractivity contribution in [1.29, 1.82) is 0 Å². The molecule has 0 radical (unpaired) electrons. The van der Waals surface area contributed by atoms with Crippen LogP contribution in [0.3, 0.4) is 0 Å². The van der Waals surface area contributed by atoms with Gasteiger partial charge in [0.25, 0.3) is 0 Å². The Labute approximate surface area is 122 Å². The van der Waals surface area contributed by atoms with Crippen molar-refractivity contribution in [3.05, 3.63) is 40.3 Å². The van der Waals surface area contributed by atoms with Gasteiger partial charge in [-0.15, -0.1) is 11.3 Å². The second kappa shape index (κ2) is 6.24. The van der Waals surface area contributed by atoms with Gasteiger partial charge in [0.2, 0.25) is 0 Å². The third-order valence-corrected chi connectivity index (χ3v) is 4.13. The van der Waals surface area contributed by atoms with Crippen molar-refractivity contribution in [2.24, 2.45) is 0 Å². The van der Waals surface area contributed by atoms with E-state index in [1.807, 2.05) is 24.3 Å². The topological polar surface area (TPSA) is 51.6 Å². The van der Waals surface area contributed by atoms with E-state index < -0.39 is 0 Å². The average molecular weight is 291 g/mol. The molecule has 20 heavy (non-hydrogen) atoms. The molecule has 1 fully saturated rings. The van der Waals surface area contributed by atoms with Gasteiger partial charge in [-0.05, 0) is 25.0 Å². The van der Waals surface area contributed by atoms with Gasteiger partial charge >= 0.3 is 0 Å².